The van der Waals surface area contributed by atoms with Crippen molar-refractivity contribution in [1.82, 2.24) is 10.3 Å². The molecule has 0 spiro atoms. The van der Waals surface area contributed by atoms with Gasteiger partial charge in [0.2, 0.25) is 0 Å². The normalized spacial score (nSPS) is 20.1. The second kappa shape index (κ2) is 4.95. The Balaban J connectivity index is 2.13. The van der Waals surface area contributed by atoms with Gasteiger partial charge in [-0.25, -0.2) is 4.98 Å². The number of rotatable bonds is 2. The molecule has 1 fully saturated rings. The summed E-state index contributed by atoms with van der Waals surface area (Å²) in [5, 5.41) is 12.2. The average Bonchev–Trinajstić information content (AvgIpc) is 2.39. The van der Waals surface area contributed by atoms with Crippen LogP contribution in [-0.4, -0.2) is 31.2 Å². The molecule has 2 heterocycles. The van der Waals surface area contributed by atoms with E-state index in [1.165, 1.54) is 12.8 Å². The Bertz CT molecular complexity index is 390. The van der Waals surface area contributed by atoms with Crippen molar-refractivity contribution in [3.63, 3.8) is 0 Å². The van der Waals surface area contributed by atoms with Crippen molar-refractivity contribution in [3.8, 4) is 6.07 Å². The molecule has 1 aliphatic heterocycles. The molecule has 1 saturated heterocycles. The summed E-state index contributed by atoms with van der Waals surface area (Å²) in [6.45, 7) is 2.10. The highest BCUT2D eigenvalue weighted by Gasteiger charge is 2.18. The van der Waals surface area contributed by atoms with Crippen LogP contribution in [0, 0.1) is 11.3 Å². The van der Waals surface area contributed by atoms with Crippen molar-refractivity contribution in [3.05, 3.63) is 23.9 Å². The molecule has 0 radical (unpaired) electrons. The molecule has 16 heavy (non-hydrogen) atoms. The van der Waals surface area contributed by atoms with E-state index in [1.54, 1.807) is 6.07 Å². The van der Waals surface area contributed by atoms with Crippen LogP contribution in [0.5, 0.6) is 0 Å². The van der Waals surface area contributed by atoms with Crippen molar-refractivity contribution in [2.24, 2.45) is 0 Å². The summed E-state index contributed by atoms with van der Waals surface area (Å²) in [7, 11) is 2.04. The molecule has 0 amide bonds. The second-order valence-corrected chi connectivity index (χ2v) is 4.10. The number of piperidine rings is 1. The zero-order chi connectivity index (χ0) is 11.4. The maximum atomic E-state index is 8.81. The summed E-state index contributed by atoms with van der Waals surface area (Å²) in [6.07, 6.45) is 2.38. The Kier molecular flexibility index (Phi) is 3.37. The monoisotopic (exact) mass is 216 g/mol. The fourth-order valence-electron chi connectivity index (χ4n) is 2.03. The summed E-state index contributed by atoms with van der Waals surface area (Å²) in [6, 6.07) is 8.12. The molecule has 1 unspecified atom stereocenters. The zero-order valence-electron chi connectivity index (χ0n) is 9.48. The number of hydrogen-bond acceptors (Lipinski definition) is 4. The van der Waals surface area contributed by atoms with E-state index >= 15 is 0 Å². The quantitative estimate of drug-likeness (QED) is 0.805. The molecule has 4 heteroatoms. The molecule has 0 aliphatic carbocycles. The first-order valence-electron chi connectivity index (χ1n) is 5.62. The molecule has 4 nitrogen and oxygen atoms in total. The van der Waals surface area contributed by atoms with Crippen LogP contribution in [0.2, 0.25) is 0 Å². The number of nitrogens with zero attached hydrogens (tertiary/aromatic N) is 3. The van der Waals surface area contributed by atoms with Gasteiger partial charge in [-0.3, -0.25) is 0 Å². The maximum absolute atomic E-state index is 8.81. The summed E-state index contributed by atoms with van der Waals surface area (Å²) < 4.78 is 0. The van der Waals surface area contributed by atoms with E-state index in [0.717, 1.165) is 18.9 Å². The lowest BCUT2D eigenvalue weighted by atomic mass is 10.1. The summed E-state index contributed by atoms with van der Waals surface area (Å²) in [4.78, 5) is 6.46. The molecular formula is C12H16N4. The molecule has 84 valence electrons. The van der Waals surface area contributed by atoms with Gasteiger partial charge in [0, 0.05) is 19.6 Å². The number of nitriles is 1. The minimum atomic E-state index is 0.480. The van der Waals surface area contributed by atoms with Gasteiger partial charge in [0.1, 0.15) is 17.6 Å². The van der Waals surface area contributed by atoms with E-state index in [9.17, 15) is 0 Å². The zero-order valence-corrected chi connectivity index (χ0v) is 9.48. The van der Waals surface area contributed by atoms with Crippen LogP contribution in [0.4, 0.5) is 5.82 Å². The molecule has 0 saturated carbocycles. The Labute approximate surface area is 95.9 Å². The third kappa shape index (κ3) is 2.31. The lowest BCUT2D eigenvalue weighted by Gasteiger charge is -2.32. The van der Waals surface area contributed by atoms with E-state index in [-0.39, 0.29) is 0 Å². The van der Waals surface area contributed by atoms with Crippen molar-refractivity contribution >= 4 is 5.82 Å². The van der Waals surface area contributed by atoms with Crippen LogP contribution < -0.4 is 10.2 Å². The summed E-state index contributed by atoms with van der Waals surface area (Å²) >= 11 is 0. The van der Waals surface area contributed by atoms with Crippen LogP contribution in [0.25, 0.3) is 0 Å². The van der Waals surface area contributed by atoms with E-state index in [2.05, 4.69) is 21.3 Å². The van der Waals surface area contributed by atoms with E-state index in [0.29, 0.717) is 11.7 Å². The van der Waals surface area contributed by atoms with Gasteiger partial charge < -0.3 is 10.2 Å². The third-order valence-corrected chi connectivity index (χ3v) is 3.03. The van der Waals surface area contributed by atoms with E-state index in [4.69, 9.17) is 5.26 Å². The molecule has 0 aromatic carbocycles. The topological polar surface area (TPSA) is 52.0 Å². The summed E-state index contributed by atoms with van der Waals surface area (Å²) in [5.41, 5.74) is 0.480. The van der Waals surface area contributed by atoms with Gasteiger partial charge >= 0.3 is 0 Å². The van der Waals surface area contributed by atoms with Gasteiger partial charge in [0.25, 0.3) is 0 Å². The minimum Gasteiger partial charge on any atom is -0.355 e. The Morgan fingerprint density at radius 3 is 3.12 bits per heavy atom. The molecule has 1 N–H and O–H groups in total. The number of pyridine rings is 1. The predicted octanol–water partition coefficient (Wildman–Crippen LogP) is 1.14. The Hall–Kier alpha value is -1.60. The number of aromatic nitrogens is 1. The average molecular weight is 216 g/mol. The van der Waals surface area contributed by atoms with Crippen molar-refractivity contribution < 1.29 is 0 Å². The van der Waals surface area contributed by atoms with Gasteiger partial charge in [-0.15, -0.1) is 0 Å². The van der Waals surface area contributed by atoms with Crippen LogP contribution in [0.1, 0.15) is 18.5 Å². The number of nitrogens with one attached hydrogen (secondary N) is 1. The standard InChI is InChI=1S/C12H16N4/c1-16(11-5-3-7-14-9-11)12-6-2-4-10(8-13)15-12/h2,4,6,11,14H,3,5,7,9H2,1H3. The minimum absolute atomic E-state index is 0.480. The van der Waals surface area contributed by atoms with Gasteiger partial charge in [-0.05, 0) is 31.5 Å². The molecule has 2 rings (SSSR count). The maximum Gasteiger partial charge on any atom is 0.142 e. The number of hydrogen-bond donors (Lipinski definition) is 1. The second-order valence-electron chi connectivity index (χ2n) is 4.10. The summed E-state index contributed by atoms with van der Waals surface area (Å²) in [5.74, 6) is 0.882. The van der Waals surface area contributed by atoms with E-state index < -0.39 is 0 Å². The van der Waals surface area contributed by atoms with Gasteiger partial charge in [0.05, 0.1) is 0 Å². The van der Waals surface area contributed by atoms with Gasteiger partial charge in [0.15, 0.2) is 0 Å². The first-order chi connectivity index (χ1) is 7.81. The predicted molar refractivity (Wildman–Crippen MR) is 63.2 cm³/mol. The first kappa shape index (κ1) is 10.9. The van der Waals surface area contributed by atoms with Gasteiger partial charge in [-0.2, -0.15) is 5.26 Å². The number of likely N-dealkylation sites (N-methyl/N-ethyl adjacent to an activating group) is 1. The molecule has 1 aliphatic rings. The smallest absolute Gasteiger partial charge is 0.142 e. The van der Waals surface area contributed by atoms with E-state index in [1.807, 2.05) is 19.2 Å². The highest BCUT2D eigenvalue weighted by Crippen LogP contribution is 2.16. The number of anilines is 1. The van der Waals surface area contributed by atoms with Crippen LogP contribution >= 0.6 is 0 Å². The fraction of sp³-hybridized carbons (Fsp3) is 0.500. The van der Waals surface area contributed by atoms with Crippen molar-refractivity contribution in [1.29, 1.82) is 5.26 Å². The highest BCUT2D eigenvalue weighted by atomic mass is 15.2. The SMILES string of the molecule is CN(c1cccc(C#N)n1)C1CCCNC1. The van der Waals surface area contributed by atoms with Crippen LogP contribution in [0.15, 0.2) is 18.2 Å². The Morgan fingerprint density at radius 2 is 2.44 bits per heavy atom. The van der Waals surface area contributed by atoms with Crippen molar-refractivity contribution in [2.45, 2.75) is 18.9 Å². The van der Waals surface area contributed by atoms with Crippen molar-refractivity contribution in [2.75, 3.05) is 25.0 Å². The molecule has 1 aromatic heterocycles. The van der Waals surface area contributed by atoms with Crippen LogP contribution in [0.3, 0.4) is 0 Å². The largest absolute Gasteiger partial charge is 0.355 e. The van der Waals surface area contributed by atoms with Gasteiger partial charge in [-0.1, -0.05) is 6.07 Å². The lowest BCUT2D eigenvalue weighted by Crippen LogP contribution is -2.44. The molecule has 1 aromatic rings. The third-order valence-electron chi connectivity index (χ3n) is 3.03. The molecule has 1 atom stereocenters. The first-order valence-corrected chi connectivity index (χ1v) is 5.62. The lowest BCUT2D eigenvalue weighted by molar-refractivity contribution is 0.443. The Morgan fingerprint density at radius 1 is 1.56 bits per heavy atom. The fourth-order valence-corrected chi connectivity index (χ4v) is 2.03. The highest BCUT2D eigenvalue weighted by molar-refractivity contribution is 5.42. The molecule has 0 bridgehead atoms. The molecular weight excluding hydrogens is 200 g/mol. The van der Waals surface area contributed by atoms with Crippen LogP contribution in [-0.2, 0) is 0 Å².